The van der Waals surface area contributed by atoms with Gasteiger partial charge in [-0.15, -0.1) is 0 Å². The monoisotopic (exact) mass is 317 g/mol. The Kier molecular flexibility index (Phi) is 4.20. The molecule has 114 valence electrons. The van der Waals surface area contributed by atoms with Gasteiger partial charge in [0.2, 0.25) is 5.91 Å². The Morgan fingerprint density at radius 3 is 2.82 bits per heavy atom. The van der Waals surface area contributed by atoms with Gasteiger partial charge in [-0.3, -0.25) is 4.79 Å². The van der Waals surface area contributed by atoms with Crippen molar-refractivity contribution in [1.82, 2.24) is 0 Å². The molecule has 1 unspecified atom stereocenters. The molecule has 0 saturated carbocycles. The number of rotatable bonds is 3. The molecule has 22 heavy (non-hydrogen) atoms. The van der Waals surface area contributed by atoms with E-state index in [1.165, 1.54) is 0 Å². The third-order valence-corrected chi connectivity index (χ3v) is 3.84. The van der Waals surface area contributed by atoms with E-state index in [1.807, 2.05) is 43.3 Å². The van der Waals surface area contributed by atoms with Crippen LogP contribution in [-0.2, 0) is 4.79 Å². The third-order valence-electron chi connectivity index (χ3n) is 3.44. The molecule has 0 aliphatic carbocycles. The van der Waals surface area contributed by atoms with Gasteiger partial charge >= 0.3 is 0 Å². The second-order valence-electron chi connectivity index (χ2n) is 5.21. The fourth-order valence-corrected chi connectivity index (χ4v) is 2.43. The van der Waals surface area contributed by atoms with Crippen molar-refractivity contribution in [1.29, 1.82) is 0 Å². The number of hydrogen-bond donors (Lipinski definition) is 1. The van der Waals surface area contributed by atoms with Gasteiger partial charge in [-0.2, -0.15) is 0 Å². The minimum Gasteiger partial charge on any atom is -0.486 e. The first kappa shape index (κ1) is 14.7. The summed E-state index contributed by atoms with van der Waals surface area (Å²) in [5, 5.41) is 3.45. The second-order valence-corrected chi connectivity index (χ2v) is 5.62. The van der Waals surface area contributed by atoms with Crippen LogP contribution >= 0.6 is 11.6 Å². The molecule has 0 radical (unpaired) electrons. The molecule has 0 saturated heterocycles. The molecule has 0 spiro atoms. The van der Waals surface area contributed by atoms with E-state index >= 15 is 0 Å². The number of halogens is 1. The topological polar surface area (TPSA) is 47.6 Å². The summed E-state index contributed by atoms with van der Waals surface area (Å²) < 4.78 is 11.4. The first-order chi connectivity index (χ1) is 10.6. The van der Waals surface area contributed by atoms with Gasteiger partial charge in [-0.25, -0.2) is 0 Å². The van der Waals surface area contributed by atoms with Gasteiger partial charge in [-0.05, 0) is 36.8 Å². The number of aryl methyl sites for hydroxylation is 1. The first-order valence-electron chi connectivity index (χ1n) is 7.06. The largest absolute Gasteiger partial charge is 0.486 e. The lowest BCUT2D eigenvalue weighted by atomic mass is 10.2. The molecular formula is C17H16ClNO3. The highest BCUT2D eigenvalue weighted by Crippen LogP contribution is 2.31. The highest BCUT2D eigenvalue weighted by molar-refractivity contribution is 6.31. The molecular weight excluding hydrogens is 302 g/mol. The van der Waals surface area contributed by atoms with E-state index in [4.69, 9.17) is 21.1 Å². The van der Waals surface area contributed by atoms with Crippen molar-refractivity contribution in [2.75, 3.05) is 11.9 Å². The van der Waals surface area contributed by atoms with E-state index in [0.717, 1.165) is 5.56 Å². The molecule has 1 amide bonds. The van der Waals surface area contributed by atoms with Crippen LogP contribution in [0.25, 0.3) is 0 Å². The number of fused-ring (bicyclic) bond motifs is 1. The van der Waals surface area contributed by atoms with Crippen molar-refractivity contribution >= 4 is 23.2 Å². The lowest BCUT2D eigenvalue weighted by Crippen LogP contribution is -2.33. The standard InChI is InChI=1S/C17H16ClNO3/c1-11-6-7-12(8-14(11)18)19-17(20)9-13-10-21-15-4-2-3-5-16(15)22-13/h2-8,13H,9-10H2,1H3,(H,19,20). The third kappa shape index (κ3) is 3.34. The average Bonchev–Trinajstić information content (AvgIpc) is 2.51. The number of ether oxygens (including phenoxy) is 2. The van der Waals surface area contributed by atoms with E-state index in [1.54, 1.807) is 6.07 Å². The molecule has 4 nitrogen and oxygen atoms in total. The van der Waals surface area contributed by atoms with Crippen LogP contribution in [0.1, 0.15) is 12.0 Å². The van der Waals surface area contributed by atoms with Gasteiger partial charge in [0.1, 0.15) is 12.7 Å². The van der Waals surface area contributed by atoms with Crippen LogP contribution in [0.5, 0.6) is 11.5 Å². The van der Waals surface area contributed by atoms with E-state index in [9.17, 15) is 4.79 Å². The Morgan fingerprint density at radius 1 is 1.27 bits per heavy atom. The number of carbonyl (C=O) groups excluding carboxylic acids is 1. The summed E-state index contributed by atoms with van der Waals surface area (Å²) in [6.45, 7) is 2.28. The van der Waals surface area contributed by atoms with Crippen molar-refractivity contribution in [3.05, 3.63) is 53.1 Å². The van der Waals surface area contributed by atoms with Gasteiger partial charge in [0.15, 0.2) is 11.5 Å². The fraction of sp³-hybridized carbons (Fsp3) is 0.235. The second kappa shape index (κ2) is 6.28. The van der Waals surface area contributed by atoms with Crippen molar-refractivity contribution in [3.63, 3.8) is 0 Å². The summed E-state index contributed by atoms with van der Waals surface area (Å²) in [5.74, 6) is 1.25. The molecule has 0 aromatic heterocycles. The lowest BCUT2D eigenvalue weighted by Gasteiger charge is -2.26. The van der Waals surface area contributed by atoms with Crippen LogP contribution in [0, 0.1) is 6.92 Å². The minimum absolute atomic E-state index is 0.132. The molecule has 5 heteroatoms. The highest BCUT2D eigenvalue weighted by Gasteiger charge is 2.23. The summed E-state index contributed by atoms with van der Waals surface area (Å²) >= 11 is 6.05. The lowest BCUT2D eigenvalue weighted by molar-refractivity contribution is -0.118. The number of hydrogen-bond acceptors (Lipinski definition) is 3. The number of para-hydroxylation sites is 2. The van der Waals surface area contributed by atoms with Crippen molar-refractivity contribution in [2.45, 2.75) is 19.4 Å². The van der Waals surface area contributed by atoms with Crippen LogP contribution in [-0.4, -0.2) is 18.6 Å². The zero-order valence-corrected chi connectivity index (χ0v) is 12.9. The smallest absolute Gasteiger partial charge is 0.228 e. The Bertz CT molecular complexity index is 702. The summed E-state index contributed by atoms with van der Waals surface area (Å²) in [7, 11) is 0. The van der Waals surface area contributed by atoms with Crippen molar-refractivity contribution in [2.24, 2.45) is 0 Å². The van der Waals surface area contributed by atoms with E-state index in [-0.39, 0.29) is 18.4 Å². The highest BCUT2D eigenvalue weighted by atomic mass is 35.5. The Morgan fingerprint density at radius 2 is 2.05 bits per heavy atom. The van der Waals surface area contributed by atoms with Crippen molar-refractivity contribution in [3.8, 4) is 11.5 Å². The quantitative estimate of drug-likeness (QED) is 0.936. The molecule has 0 bridgehead atoms. The average molecular weight is 318 g/mol. The van der Waals surface area contributed by atoms with Crippen LogP contribution in [0.3, 0.4) is 0 Å². The molecule has 3 rings (SSSR count). The van der Waals surface area contributed by atoms with Gasteiger partial charge in [0, 0.05) is 10.7 Å². The molecule has 1 N–H and O–H groups in total. The number of nitrogens with one attached hydrogen (secondary N) is 1. The number of benzene rings is 2. The molecule has 1 atom stereocenters. The predicted molar refractivity (Wildman–Crippen MR) is 85.8 cm³/mol. The molecule has 2 aromatic rings. The van der Waals surface area contributed by atoms with Gasteiger partial charge in [0.25, 0.3) is 0 Å². The zero-order chi connectivity index (χ0) is 15.5. The maximum absolute atomic E-state index is 12.1. The predicted octanol–water partition coefficient (Wildman–Crippen LogP) is 3.82. The number of amides is 1. The normalized spacial score (nSPS) is 16.2. The van der Waals surface area contributed by atoms with Crippen LogP contribution in [0.15, 0.2) is 42.5 Å². The number of carbonyl (C=O) groups is 1. The molecule has 0 fully saturated rings. The van der Waals surface area contributed by atoms with Crippen LogP contribution < -0.4 is 14.8 Å². The minimum atomic E-state index is -0.296. The van der Waals surface area contributed by atoms with Crippen LogP contribution in [0.4, 0.5) is 5.69 Å². The first-order valence-corrected chi connectivity index (χ1v) is 7.44. The summed E-state index contributed by atoms with van der Waals surface area (Å²) in [5.41, 5.74) is 1.65. The Balaban J connectivity index is 1.59. The molecule has 1 aliphatic heterocycles. The Labute approximate surface area is 134 Å². The summed E-state index contributed by atoms with van der Waals surface area (Å²) in [6, 6.07) is 12.9. The Hall–Kier alpha value is -2.20. The maximum atomic E-state index is 12.1. The zero-order valence-electron chi connectivity index (χ0n) is 12.1. The van der Waals surface area contributed by atoms with Crippen LogP contribution in [0.2, 0.25) is 5.02 Å². The molecule has 1 aliphatic rings. The van der Waals surface area contributed by atoms with Crippen molar-refractivity contribution < 1.29 is 14.3 Å². The summed E-state index contributed by atoms with van der Waals surface area (Å²) in [4.78, 5) is 12.1. The SMILES string of the molecule is Cc1ccc(NC(=O)CC2COc3ccccc3O2)cc1Cl. The molecule has 1 heterocycles. The molecule has 2 aromatic carbocycles. The van der Waals surface area contributed by atoms with Gasteiger partial charge in [0.05, 0.1) is 6.42 Å². The van der Waals surface area contributed by atoms with E-state index < -0.39 is 0 Å². The van der Waals surface area contributed by atoms with Gasteiger partial charge < -0.3 is 14.8 Å². The fourth-order valence-electron chi connectivity index (χ4n) is 2.25. The maximum Gasteiger partial charge on any atom is 0.228 e. The van der Waals surface area contributed by atoms with Gasteiger partial charge in [-0.1, -0.05) is 29.8 Å². The van der Waals surface area contributed by atoms with E-state index in [0.29, 0.717) is 28.8 Å². The number of anilines is 1. The van der Waals surface area contributed by atoms with E-state index in [2.05, 4.69) is 5.32 Å². The summed E-state index contributed by atoms with van der Waals surface area (Å²) in [6.07, 6.45) is -0.0735.